The van der Waals surface area contributed by atoms with Gasteiger partial charge < -0.3 is 9.63 Å². The molecular formula is C22H25N3O2. The largest absolute Gasteiger partial charge is 0.392 e. The minimum absolute atomic E-state index is 0.00722. The van der Waals surface area contributed by atoms with Crippen LogP contribution in [0.3, 0.4) is 0 Å². The third-order valence-corrected chi connectivity index (χ3v) is 5.11. The maximum Gasteiger partial charge on any atom is 0.244 e. The average molecular weight is 363 g/mol. The second kappa shape index (κ2) is 8.46. The second-order valence-electron chi connectivity index (χ2n) is 7.20. The van der Waals surface area contributed by atoms with Gasteiger partial charge in [0.05, 0.1) is 12.1 Å². The van der Waals surface area contributed by atoms with Gasteiger partial charge in [-0.3, -0.25) is 4.90 Å². The Labute approximate surface area is 159 Å². The third-order valence-electron chi connectivity index (χ3n) is 5.11. The monoisotopic (exact) mass is 363 g/mol. The standard InChI is InChI=1S/C22H25N3O2/c26-19-15-20(25(16-19)13-7-12-17-8-3-1-4-9-17)22-23-21(24-27-22)14-18-10-5-2-6-11-18/h1-6,8-11,19-20,26H,7,12-16H2. The normalized spacial score (nSPS) is 20.2. The van der Waals surface area contributed by atoms with Gasteiger partial charge in [-0.15, -0.1) is 0 Å². The number of β-amino-alcohol motifs (C(OH)–C–C–N with tert-alkyl or cyclic N) is 1. The van der Waals surface area contributed by atoms with Gasteiger partial charge in [-0.1, -0.05) is 65.8 Å². The van der Waals surface area contributed by atoms with Crippen LogP contribution in [0.25, 0.3) is 0 Å². The van der Waals surface area contributed by atoms with E-state index in [2.05, 4.69) is 51.4 Å². The number of aliphatic hydroxyl groups is 1. The van der Waals surface area contributed by atoms with Crippen molar-refractivity contribution >= 4 is 0 Å². The molecule has 2 aromatic carbocycles. The van der Waals surface area contributed by atoms with Crippen molar-refractivity contribution in [2.45, 2.75) is 37.8 Å². The fraction of sp³-hybridized carbons (Fsp3) is 0.364. The summed E-state index contributed by atoms with van der Waals surface area (Å²) < 4.78 is 5.55. The van der Waals surface area contributed by atoms with E-state index < -0.39 is 0 Å². The van der Waals surface area contributed by atoms with E-state index in [0.717, 1.165) is 24.9 Å². The van der Waals surface area contributed by atoms with Crippen LogP contribution in [0, 0.1) is 0 Å². The number of rotatable bonds is 7. The Morgan fingerprint density at radius 1 is 1.00 bits per heavy atom. The molecule has 0 aliphatic carbocycles. The molecule has 0 bridgehead atoms. The van der Waals surface area contributed by atoms with Gasteiger partial charge in [0.1, 0.15) is 0 Å². The number of nitrogens with zero attached hydrogens (tertiary/aromatic N) is 3. The Bertz CT molecular complexity index is 835. The number of hydrogen-bond acceptors (Lipinski definition) is 5. The first kappa shape index (κ1) is 17.9. The number of likely N-dealkylation sites (tertiary alicyclic amines) is 1. The van der Waals surface area contributed by atoms with E-state index in [1.807, 2.05) is 24.3 Å². The average Bonchev–Trinajstić information content (AvgIpc) is 3.30. The highest BCUT2D eigenvalue weighted by Gasteiger charge is 2.35. The van der Waals surface area contributed by atoms with Gasteiger partial charge in [0.2, 0.25) is 5.89 Å². The van der Waals surface area contributed by atoms with E-state index in [1.165, 1.54) is 5.56 Å². The van der Waals surface area contributed by atoms with Gasteiger partial charge in [-0.25, -0.2) is 0 Å². The minimum Gasteiger partial charge on any atom is -0.392 e. The Morgan fingerprint density at radius 2 is 1.70 bits per heavy atom. The fourth-order valence-electron chi connectivity index (χ4n) is 3.77. The van der Waals surface area contributed by atoms with Gasteiger partial charge in [-0.05, 0) is 36.9 Å². The molecule has 0 amide bonds. The van der Waals surface area contributed by atoms with Crippen LogP contribution < -0.4 is 0 Å². The summed E-state index contributed by atoms with van der Waals surface area (Å²) in [5.74, 6) is 1.32. The van der Waals surface area contributed by atoms with Crippen LogP contribution in [0.15, 0.2) is 65.2 Å². The topological polar surface area (TPSA) is 62.4 Å². The van der Waals surface area contributed by atoms with Crippen molar-refractivity contribution in [2.75, 3.05) is 13.1 Å². The number of aryl methyl sites for hydroxylation is 1. The smallest absolute Gasteiger partial charge is 0.244 e. The second-order valence-corrected chi connectivity index (χ2v) is 7.20. The van der Waals surface area contributed by atoms with Crippen LogP contribution in [0.2, 0.25) is 0 Å². The van der Waals surface area contributed by atoms with E-state index >= 15 is 0 Å². The molecule has 0 spiro atoms. The quantitative estimate of drug-likeness (QED) is 0.697. The molecule has 5 heteroatoms. The van der Waals surface area contributed by atoms with Crippen molar-refractivity contribution in [3.63, 3.8) is 0 Å². The molecule has 1 aromatic heterocycles. The van der Waals surface area contributed by atoms with E-state index in [4.69, 9.17) is 4.52 Å². The summed E-state index contributed by atoms with van der Waals surface area (Å²) in [5.41, 5.74) is 2.51. The first-order chi connectivity index (χ1) is 13.3. The number of hydrogen-bond donors (Lipinski definition) is 1. The Balaban J connectivity index is 1.37. The Kier molecular flexibility index (Phi) is 5.61. The van der Waals surface area contributed by atoms with Crippen LogP contribution in [0.4, 0.5) is 0 Å². The molecule has 3 aromatic rings. The van der Waals surface area contributed by atoms with Crippen molar-refractivity contribution in [3.8, 4) is 0 Å². The van der Waals surface area contributed by atoms with Crippen LogP contribution in [-0.4, -0.2) is 39.3 Å². The fourth-order valence-corrected chi connectivity index (χ4v) is 3.77. The van der Waals surface area contributed by atoms with Gasteiger partial charge in [0.15, 0.2) is 5.82 Å². The maximum atomic E-state index is 10.2. The zero-order valence-electron chi connectivity index (χ0n) is 15.4. The molecule has 4 rings (SSSR count). The van der Waals surface area contributed by atoms with Gasteiger partial charge >= 0.3 is 0 Å². The zero-order valence-corrected chi connectivity index (χ0v) is 15.4. The minimum atomic E-state index is -0.337. The lowest BCUT2D eigenvalue weighted by Crippen LogP contribution is -2.26. The Morgan fingerprint density at radius 3 is 2.44 bits per heavy atom. The molecule has 1 saturated heterocycles. The lowest BCUT2D eigenvalue weighted by atomic mass is 10.1. The molecule has 2 unspecified atom stereocenters. The SMILES string of the molecule is OC1CC(c2nc(Cc3ccccc3)no2)N(CCCc2ccccc2)C1. The molecule has 2 atom stereocenters. The predicted molar refractivity (Wildman–Crippen MR) is 103 cm³/mol. The molecule has 1 N–H and O–H groups in total. The van der Waals surface area contributed by atoms with Gasteiger partial charge in [0.25, 0.3) is 0 Å². The molecular weight excluding hydrogens is 338 g/mol. The van der Waals surface area contributed by atoms with Crippen molar-refractivity contribution in [1.82, 2.24) is 15.0 Å². The number of aliphatic hydroxyl groups excluding tert-OH is 1. The van der Waals surface area contributed by atoms with Crippen molar-refractivity contribution < 1.29 is 9.63 Å². The van der Waals surface area contributed by atoms with E-state index in [1.54, 1.807) is 0 Å². The molecule has 27 heavy (non-hydrogen) atoms. The third kappa shape index (κ3) is 4.62. The highest BCUT2D eigenvalue weighted by atomic mass is 16.5. The summed E-state index contributed by atoms with van der Waals surface area (Å²) in [5, 5.41) is 14.3. The van der Waals surface area contributed by atoms with Crippen LogP contribution in [-0.2, 0) is 12.8 Å². The van der Waals surface area contributed by atoms with Crippen LogP contribution in [0.5, 0.6) is 0 Å². The number of benzene rings is 2. The molecule has 5 nitrogen and oxygen atoms in total. The predicted octanol–water partition coefficient (Wildman–Crippen LogP) is 3.40. The van der Waals surface area contributed by atoms with Gasteiger partial charge in [0, 0.05) is 13.0 Å². The van der Waals surface area contributed by atoms with E-state index in [9.17, 15) is 5.11 Å². The van der Waals surface area contributed by atoms with Gasteiger partial charge in [-0.2, -0.15) is 4.98 Å². The first-order valence-electron chi connectivity index (χ1n) is 9.60. The summed E-state index contributed by atoms with van der Waals surface area (Å²) in [6.07, 6.45) is 3.05. The summed E-state index contributed by atoms with van der Waals surface area (Å²) in [6.45, 7) is 1.57. The number of aromatic nitrogens is 2. The highest BCUT2D eigenvalue weighted by Crippen LogP contribution is 2.31. The van der Waals surface area contributed by atoms with E-state index in [-0.39, 0.29) is 12.1 Å². The summed E-state index contributed by atoms with van der Waals surface area (Å²) in [7, 11) is 0. The first-order valence-corrected chi connectivity index (χ1v) is 9.60. The molecule has 1 aliphatic rings. The van der Waals surface area contributed by atoms with Crippen LogP contribution in [0.1, 0.15) is 41.7 Å². The molecule has 1 aliphatic heterocycles. The zero-order chi connectivity index (χ0) is 18.5. The molecule has 0 radical (unpaired) electrons. The highest BCUT2D eigenvalue weighted by molar-refractivity contribution is 5.18. The van der Waals surface area contributed by atoms with Crippen molar-refractivity contribution in [2.24, 2.45) is 0 Å². The maximum absolute atomic E-state index is 10.2. The van der Waals surface area contributed by atoms with Crippen molar-refractivity contribution in [3.05, 3.63) is 83.5 Å². The molecule has 140 valence electrons. The van der Waals surface area contributed by atoms with Crippen molar-refractivity contribution in [1.29, 1.82) is 0 Å². The lowest BCUT2D eigenvalue weighted by Gasteiger charge is -2.20. The van der Waals surface area contributed by atoms with E-state index in [0.29, 0.717) is 31.1 Å². The lowest BCUT2D eigenvalue weighted by molar-refractivity contribution is 0.172. The summed E-state index contributed by atoms with van der Waals surface area (Å²) in [4.78, 5) is 6.88. The Hall–Kier alpha value is -2.50. The molecule has 0 saturated carbocycles. The summed E-state index contributed by atoms with van der Waals surface area (Å²) in [6, 6.07) is 20.7. The summed E-state index contributed by atoms with van der Waals surface area (Å²) >= 11 is 0. The molecule has 2 heterocycles. The molecule has 1 fully saturated rings. The van der Waals surface area contributed by atoms with Crippen LogP contribution >= 0.6 is 0 Å².